The second kappa shape index (κ2) is 7.66. The third-order valence-electron chi connectivity index (χ3n) is 3.55. The van der Waals surface area contributed by atoms with Gasteiger partial charge in [-0.1, -0.05) is 72.8 Å². The molecule has 0 bridgehead atoms. The van der Waals surface area contributed by atoms with E-state index in [1.165, 1.54) is 17.3 Å². The van der Waals surface area contributed by atoms with Crippen LogP contribution in [0.15, 0.2) is 64.2 Å². The highest BCUT2D eigenvalue weighted by molar-refractivity contribution is 7.98. The Morgan fingerprint density at radius 3 is 2.70 bits per heavy atom. The molecule has 1 unspecified atom stereocenters. The van der Waals surface area contributed by atoms with Crippen molar-refractivity contribution in [1.29, 1.82) is 0 Å². The normalized spacial score (nSPS) is 12.3. The van der Waals surface area contributed by atoms with Crippen LogP contribution < -0.4 is 0 Å². The van der Waals surface area contributed by atoms with Crippen molar-refractivity contribution < 1.29 is 4.42 Å². The molecule has 3 nitrogen and oxygen atoms in total. The van der Waals surface area contributed by atoms with E-state index in [1.54, 1.807) is 0 Å². The number of hydrogen-bond donors (Lipinski definition) is 0. The van der Waals surface area contributed by atoms with E-state index in [0.717, 1.165) is 22.8 Å². The molecule has 118 valence electrons. The summed E-state index contributed by atoms with van der Waals surface area (Å²) in [4.78, 5) is 0. The van der Waals surface area contributed by atoms with E-state index in [0.29, 0.717) is 17.0 Å². The van der Waals surface area contributed by atoms with Crippen LogP contribution in [0, 0.1) is 0 Å². The van der Waals surface area contributed by atoms with Crippen molar-refractivity contribution in [3.63, 3.8) is 0 Å². The van der Waals surface area contributed by atoms with Gasteiger partial charge in [0.15, 0.2) is 0 Å². The molecule has 1 heterocycles. The van der Waals surface area contributed by atoms with Crippen LogP contribution in [0.5, 0.6) is 0 Å². The van der Waals surface area contributed by atoms with Crippen LogP contribution in [0.4, 0.5) is 0 Å². The van der Waals surface area contributed by atoms with Crippen molar-refractivity contribution in [2.75, 3.05) is 0 Å². The molecule has 0 spiro atoms. The van der Waals surface area contributed by atoms with Gasteiger partial charge in [-0.15, -0.1) is 10.2 Å². The van der Waals surface area contributed by atoms with Crippen molar-refractivity contribution in [3.8, 4) is 0 Å². The molecule has 0 amide bonds. The van der Waals surface area contributed by atoms with Crippen LogP contribution in [0.2, 0.25) is 5.02 Å². The molecule has 0 aliphatic heterocycles. The summed E-state index contributed by atoms with van der Waals surface area (Å²) in [6.07, 6.45) is 0.745. The Bertz CT molecular complexity index is 760. The van der Waals surface area contributed by atoms with Gasteiger partial charge in [0.25, 0.3) is 5.22 Å². The van der Waals surface area contributed by atoms with Crippen molar-refractivity contribution in [2.45, 2.75) is 30.2 Å². The molecule has 0 fully saturated rings. The average Bonchev–Trinajstić information content (AvgIpc) is 3.01. The van der Waals surface area contributed by atoms with E-state index in [2.05, 4.69) is 29.3 Å². The number of hydrogen-bond acceptors (Lipinski definition) is 4. The number of rotatable bonds is 6. The largest absolute Gasteiger partial charge is 0.416 e. The molecule has 5 heteroatoms. The maximum absolute atomic E-state index is 5.99. The third kappa shape index (κ3) is 4.60. The predicted molar refractivity (Wildman–Crippen MR) is 93.9 cm³/mol. The molecule has 0 aliphatic carbocycles. The number of nitrogens with zero attached hydrogens (tertiary/aromatic N) is 2. The molecule has 0 saturated heterocycles. The molecule has 2 aromatic carbocycles. The summed E-state index contributed by atoms with van der Waals surface area (Å²) < 4.78 is 5.74. The second-order valence-corrected chi connectivity index (χ2v) is 6.76. The van der Waals surface area contributed by atoms with Gasteiger partial charge in [0, 0.05) is 17.2 Å². The summed E-state index contributed by atoms with van der Waals surface area (Å²) in [6, 6.07) is 18.2. The van der Waals surface area contributed by atoms with Crippen molar-refractivity contribution in [1.82, 2.24) is 10.2 Å². The van der Waals surface area contributed by atoms with Gasteiger partial charge in [0.1, 0.15) is 0 Å². The minimum absolute atomic E-state index is 0.349. The minimum atomic E-state index is 0.349. The molecule has 0 radical (unpaired) electrons. The lowest BCUT2D eigenvalue weighted by Crippen LogP contribution is -1.98. The van der Waals surface area contributed by atoms with Crippen LogP contribution in [0.25, 0.3) is 0 Å². The minimum Gasteiger partial charge on any atom is -0.416 e. The Labute approximate surface area is 145 Å². The molecule has 0 N–H and O–H groups in total. The zero-order valence-corrected chi connectivity index (χ0v) is 14.3. The first-order chi connectivity index (χ1) is 11.2. The fourth-order valence-corrected chi connectivity index (χ4v) is 3.25. The van der Waals surface area contributed by atoms with Gasteiger partial charge >= 0.3 is 0 Å². The highest BCUT2D eigenvalue weighted by Crippen LogP contribution is 2.25. The number of halogens is 1. The van der Waals surface area contributed by atoms with Crippen molar-refractivity contribution in [2.24, 2.45) is 0 Å². The van der Waals surface area contributed by atoms with Crippen molar-refractivity contribution >= 4 is 23.4 Å². The average molecular weight is 345 g/mol. The summed E-state index contributed by atoms with van der Waals surface area (Å²) in [6.45, 7) is 2.16. The molecule has 3 rings (SSSR count). The van der Waals surface area contributed by atoms with Crippen molar-refractivity contribution in [3.05, 3.63) is 76.6 Å². The highest BCUT2D eigenvalue weighted by atomic mass is 35.5. The van der Waals surface area contributed by atoms with Crippen LogP contribution >= 0.6 is 23.4 Å². The number of aromatic nitrogens is 2. The van der Waals surface area contributed by atoms with Gasteiger partial charge in [0.2, 0.25) is 5.89 Å². The molecule has 0 saturated carbocycles. The molecular formula is C18H17ClN2OS. The maximum atomic E-state index is 5.99. The Hall–Kier alpha value is -1.78. The summed E-state index contributed by atoms with van der Waals surface area (Å²) in [5.74, 6) is 1.79. The van der Waals surface area contributed by atoms with E-state index < -0.39 is 0 Å². The monoisotopic (exact) mass is 344 g/mol. The Morgan fingerprint density at radius 2 is 1.91 bits per heavy atom. The lowest BCUT2D eigenvalue weighted by molar-refractivity contribution is 0.404. The summed E-state index contributed by atoms with van der Waals surface area (Å²) in [7, 11) is 0. The van der Waals surface area contributed by atoms with Gasteiger partial charge in [-0.3, -0.25) is 0 Å². The van der Waals surface area contributed by atoms with Crippen LogP contribution in [0.1, 0.15) is 29.9 Å². The Balaban J connectivity index is 1.58. The quantitative estimate of drug-likeness (QED) is 0.564. The first-order valence-electron chi connectivity index (χ1n) is 7.45. The SMILES string of the molecule is CC(Cc1nnc(SCc2cccc(Cl)c2)o1)c1ccccc1. The molecular weight excluding hydrogens is 328 g/mol. The lowest BCUT2D eigenvalue weighted by Gasteiger charge is -2.08. The van der Waals surface area contributed by atoms with Crippen LogP contribution in [-0.2, 0) is 12.2 Å². The lowest BCUT2D eigenvalue weighted by atomic mass is 9.98. The zero-order chi connectivity index (χ0) is 16.1. The summed E-state index contributed by atoms with van der Waals surface area (Å²) in [5, 5.41) is 9.60. The second-order valence-electron chi connectivity index (χ2n) is 5.40. The maximum Gasteiger partial charge on any atom is 0.276 e. The number of benzene rings is 2. The van der Waals surface area contributed by atoms with Gasteiger partial charge in [-0.25, -0.2) is 0 Å². The third-order valence-corrected chi connectivity index (χ3v) is 4.67. The highest BCUT2D eigenvalue weighted by Gasteiger charge is 2.12. The molecule has 0 aliphatic rings. The molecule has 1 aromatic heterocycles. The Morgan fingerprint density at radius 1 is 1.09 bits per heavy atom. The molecule has 23 heavy (non-hydrogen) atoms. The van der Waals surface area contributed by atoms with Gasteiger partial charge in [0.05, 0.1) is 0 Å². The van der Waals surface area contributed by atoms with E-state index >= 15 is 0 Å². The zero-order valence-electron chi connectivity index (χ0n) is 12.8. The molecule has 3 aromatic rings. The summed E-state index contributed by atoms with van der Waals surface area (Å²) in [5.41, 5.74) is 2.42. The fourth-order valence-electron chi connectivity index (χ4n) is 2.31. The van der Waals surface area contributed by atoms with Gasteiger partial charge in [-0.05, 0) is 29.2 Å². The van der Waals surface area contributed by atoms with Crippen LogP contribution in [0.3, 0.4) is 0 Å². The van der Waals surface area contributed by atoms with E-state index in [4.69, 9.17) is 16.0 Å². The van der Waals surface area contributed by atoms with Gasteiger partial charge in [-0.2, -0.15) is 0 Å². The van der Waals surface area contributed by atoms with E-state index in [9.17, 15) is 0 Å². The van der Waals surface area contributed by atoms with E-state index in [-0.39, 0.29) is 0 Å². The number of thioether (sulfide) groups is 1. The van der Waals surface area contributed by atoms with E-state index in [1.807, 2.05) is 42.5 Å². The fraction of sp³-hybridized carbons (Fsp3) is 0.222. The standard InChI is InChI=1S/C18H17ClN2OS/c1-13(15-7-3-2-4-8-15)10-17-20-21-18(22-17)23-12-14-6-5-9-16(19)11-14/h2-9,11,13H,10,12H2,1H3. The summed E-state index contributed by atoms with van der Waals surface area (Å²) >= 11 is 7.51. The topological polar surface area (TPSA) is 38.9 Å². The smallest absolute Gasteiger partial charge is 0.276 e. The predicted octanol–water partition coefficient (Wildman–Crippen LogP) is 5.36. The Kier molecular flexibility index (Phi) is 5.36. The van der Waals surface area contributed by atoms with Gasteiger partial charge < -0.3 is 4.42 Å². The van der Waals surface area contributed by atoms with Crippen LogP contribution in [-0.4, -0.2) is 10.2 Å². The first-order valence-corrected chi connectivity index (χ1v) is 8.81. The molecule has 1 atom stereocenters. The first kappa shape index (κ1) is 16.1.